The molecule has 5 heterocycles. The molecule has 0 spiro atoms. The zero-order valence-electron chi connectivity index (χ0n) is 36.0. The lowest BCUT2D eigenvalue weighted by Gasteiger charge is -2.39. The Morgan fingerprint density at radius 3 is 1.92 bits per heavy atom. The minimum atomic E-state index is -1.48. The number of ether oxygens (including phenoxy) is 4. The minimum Gasteiger partial charge on any atom is -0.548 e. The first kappa shape index (κ1) is 43.4. The number of carbonyl (C=O) groups excluding carboxylic acids is 4. The van der Waals surface area contributed by atoms with E-state index in [4.69, 9.17) is 18.9 Å². The number of nitrogens with zero attached hydrogens (tertiary/aromatic N) is 4. The summed E-state index contributed by atoms with van der Waals surface area (Å²) in [5.41, 5.74) is 9.52. The largest absolute Gasteiger partial charge is 0.548 e. The van der Waals surface area contributed by atoms with E-state index in [1.54, 1.807) is 24.3 Å². The van der Waals surface area contributed by atoms with Crippen LogP contribution in [0.3, 0.4) is 0 Å². The Morgan fingerprint density at radius 1 is 0.631 bits per heavy atom. The normalized spacial score (nSPS) is 15.4. The summed E-state index contributed by atoms with van der Waals surface area (Å²) in [6.07, 6.45) is 7.85. The Balaban J connectivity index is 1.05. The van der Waals surface area contributed by atoms with E-state index in [2.05, 4.69) is 21.6 Å². The van der Waals surface area contributed by atoms with E-state index in [-0.39, 0.29) is 49.3 Å². The van der Waals surface area contributed by atoms with Gasteiger partial charge in [0.15, 0.2) is 0 Å². The van der Waals surface area contributed by atoms with E-state index in [9.17, 15) is 39.6 Å². The topological polar surface area (TPSA) is 210 Å². The lowest BCUT2D eigenvalue weighted by Crippen LogP contribution is -2.45. The summed E-state index contributed by atoms with van der Waals surface area (Å²) in [5.74, 6) is -3.69. The van der Waals surface area contributed by atoms with Crippen LogP contribution in [0.25, 0.3) is 5.57 Å². The van der Waals surface area contributed by atoms with Crippen molar-refractivity contribution in [2.45, 2.75) is 51.4 Å². The van der Waals surface area contributed by atoms with Crippen molar-refractivity contribution in [1.29, 1.82) is 0 Å². The summed E-state index contributed by atoms with van der Waals surface area (Å²) in [6, 6.07) is 16.3. The second-order valence-corrected chi connectivity index (χ2v) is 17.0. The number of carboxylic acids is 4. The number of aliphatic carboxylic acids is 4. The van der Waals surface area contributed by atoms with Crippen molar-refractivity contribution in [2.24, 2.45) is 0 Å². The zero-order chi connectivity index (χ0) is 45.2. The van der Waals surface area contributed by atoms with E-state index < -0.39 is 50.1 Å². The lowest BCUT2D eigenvalue weighted by molar-refractivity contribution is -0.307. The van der Waals surface area contributed by atoms with E-state index >= 15 is 0 Å². The summed E-state index contributed by atoms with van der Waals surface area (Å²) < 4.78 is 27.8. The maximum atomic E-state index is 12.0. The van der Waals surface area contributed by atoms with Crippen LogP contribution in [0.5, 0.6) is 23.0 Å². The van der Waals surface area contributed by atoms with Gasteiger partial charge in [0.25, 0.3) is 0 Å². The van der Waals surface area contributed by atoms with Crippen LogP contribution >= 0.6 is 0 Å². The van der Waals surface area contributed by atoms with Crippen molar-refractivity contribution < 1.29 is 58.6 Å². The van der Waals surface area contributed by atoms with Gasteiger partial charge >= 0.3 is 0 Å². The second-order valence-electron chi connectivity index (χ2n) is 17.0. The van der Waals surface area contributed by atoms with Gasteiger partial charge < -0.3 is 73.3 Å². The molecule has 5 aliphatic rings. The van der Waals surface area contributed by atoms with Gasteiger partial charge in [0.2, 0.25) is 5.36 Å². The van der Waals surface area contributed by atoms with Gasteiger partial charge in [-0.15, -0.1) is 0 Å². The van der Waals surface area contributed by atoms with Crippen LogP contribution in [0.2, 0.25) is 0 Å². The molecule has 0 saturated carbocycles. The molecule has 0 amide bonds. The minimum absolute atomic E-state index is 0.0132. The molecule has 0 aromatic heterocycles. The third kappa shape index (κ3) is 8.99. The summed E-state index contributed by atoms with van der Waals surface area (Å²) in [5, 5.41) is 48.9. The fourth-order valence-electron chi connectivity index (χ4n) is 10.3. The Bertz CT molecular complexity index is 2660. The van der Waals surface area contributed by atoms with Crippen LogP contribution in [0.1, 0.15) is 59.1 Å². The smallest absolute Gasteiger partial charge is 0.210 e. The molecule has 4 aromatic rings. The zero-order valence-corrected chi connectivity index (χ0v) is 36.0. The van der Waals surface area contributed by atoms with Crippen LogP contribution in [0.15, 0.2) is 54.6 Å². The average Bonchev–Trinajstić information content (AvgIpc) is 3.27. The van der Waals surface area contributed by atoms with Gasteiger partial charge in [-0.2, -0.15) is 0 Å². The number of hydrogen-bond donors (Lipinski definition) is 0. The predicted molar refractivity (Wildman–Crippen MR) is 229 cm³/mol. The molecule has 16 heteroatoms. The van der Waals surface area contributed by atoms with Crippen molar-refractivity contribution in [3.05, 3.63) is 98.6 Å². The molecule has 0 atom stereocenters. The van der Waals surface area contributed by atoms with Crippen molar-refractivity contribution in [1.82, 2.24) is 4.58 Å². The third-order valence-electron chi connectivity index (χ3n) is 12.7. The fourth-order valence-corrected chi connectivity index (χ4v) is 10.3. The van der Waals surface area contributed by atoms with Crippen LogP contribution in [-0.2, 0) is 49.6 Å². The molecule has 5 aliphatic heterocycles. The van der Waals surface area contributed by atoms with Crippen LogP contribution in [0.4, 0.5) is 17.1 Å². The summed E-state index contributed by atoms with van der Waals surface area (Å²) >= 11 is 0. The Kier molecular flexibility index (Phi) is 12.5. The number of anilines is 3. The number of rotatable bonds is 19. The number of aryl methyl sites for hydroxylation is 2. The molecule has 9 rings (SSSR count). The molecule has 16 nitrogen and oxygen atoms in total. The first-order valence-electron chi connectivity index (χ1n) is 22.3. The molecule has 340 valence electrons. The molecule has 0 unspecified atom stereocenters. The van der Waals surface area contributed by atoms with Gasteiger partial charge in [-0.05, 0) is 86.1 Å². The molecule has 0 fully saturated rings. The van der Waals surface area contributed by atoms with E-state index in [1.165, 1.54) is 39.4 Å². The molecule has 65 heavy (non-hydrogen) atoms. The number of carboxylic acid groups (broad SMARTS) is 4. The van der Waals surface area contributed by atoms with Gasteiger partial charge in [0, 0.05) is 59.1 Å². The van der Waals surface area contributed by atoms with Crippen molar-refractivity contribution in [2.75, 3.05) is 93.5 Å². The van der Waals surface area contributed by atoms with E-state index in [1.807, 2.05) is 12.1 Å². The van der Waals surface area contributed by atoms with Crippen molar-refractivity contribution in [3.63, 3.8) is 0 Å². The van der Waals surface area contributed by atoms with Gasteiger partial charge in [-0.3, -0.25) is 0 Å². The highest BCUT2D eigenvalue weighted by Crippen LogP contribution is 2.49. The SMILES string of the molecule is O=C([O-])CN(CC(=O)[O-])c1ccccc1OCCOCCOc1cc(C2=c3cc4c5c(c3Oc3c2cc2c6c3CCCN6CCC2)CCC[N+]=5CCC4)ccc1N(CC(=O)[O-])CC(=O)[O-]. The highest BCUT2D eigenvalue weighted by molar-refractivity contribution is 5.91. The Morgan fingerprint density at radius 2 is 1.23 bits per heavy atom. The molecular weight excluding hydrogens is 837 g/mol. The second kappa shape index (κ2) is 18.7. The molecule has 0 aliphatic carbocycles. The molecule has 0 radical (unpaired) electrons. The van der Waals surface area contributed by atoms with Crippen LogP contribution < -0.4 is 64.5 Å². The monoisotopic (exact) mass is 885 g/mol. The maximum absolute atomic E-state index is 12.0. The maximum Gasteiger partial charge on any atom is 0.210 e. The van der Waals surface area contributed by atoms with Crippen LogP contribution in [-0.4, -0.2) is 103 Å². The number of hydrogen-bond acceptors (Lipinski definition) is 15. The number of benzene rings is 4. The van der Waals surface area contributed by atoms with Crippen LogP contribution in [0, 0.1) is 0 Å². The molecule has 4 aromatic carbocycles. The fraction of sp³-hybridized carbons (Fsp3) is 0.408. The highest BCUT2D eigenvalue weighted by Gasteiger charge is 2.36. The third-order valence-corrected chi connectivity index (χ3v) is 12.7. The quantitative estimate of drug-likeness (QED) is 0.0663. The van der Waals surface area contributed by atoms with E-state index in [0.717, 1.165) is 121 Å². The number of para-hydroxylation sites is 2. The van der Waals surface area contributed by atoms with Crippen molar-refractivity contribution in [3.8, 4) is 23.0 Å². The standard InChI is InChI=1S/C49H52N4O12/c54-41(55)26-52(27-42(56)57)37-11-1-2-12-39(37)63-21-19-62-20-22-64-40-25-30(13-14-38(40)53(28-43(58)59)29-44(60)61)45-35-23-31-7-3-15-50-17-5-9-33(46(31)50)48(35)65-49-34-10-6-18-51-16-4-8-32(47(34)51)24-36(45)49/h1-2,11-14,23-25H,3-10,15-22,26-29H2,(H3-,54,55,56,57,58,59,60,61)/p-3. The summed E-state index contributed by atoms with van der Waals surface area (Å²) in [4.78, 5) is 51.3. The molecule has 0 N–H and O–H groups in total. The number of carbonyl (C=O) groups is 4. The van der Waals surface area contributed by atoms with Gasteiger partial charge in [-0.25, -0.2) is 4.58 Å². The van der Waals surface area contributed by atoms with Gasteiger partial charge in [0.1, 0.15) is 49.3 Å². The Hall–Kier alpha value is -6.81. The highest BCUT2D eigenvalue weighted by atomic mass is 16.5. The van der Waals surface area contributed by atoms with Gasteiger partial charge in [0.05, 0.1) is 80.2 Å². The van der Waals surface area contributed by atoms with Crippen molar-refractivity contribution >= 4 is 46.5 Å². The predicted octanol–water partition coefficient (Wildman–Crippen LogP) is -1.79. The number of fused-ring (bicyclic) bond motifs is 4. The molecular formula is C49H49N4O12-3. The first-order chi connectivity index (χ1) is 31.5. The molecule has 0 saturated heterocycles. The van der Waals surface area contributed by atoms with E-state index in [0.29, 0.717) is 0 Å². The first-order valence-corrected chi connectivity index (χ1v) is 22.3. The summed E-state index contributed by atoms with van der Waals surface area (Å²) in [7, 11) is 0. The Labute approximate surface area is 375 Å². The average molecular weight is 886 g/mol. The van der Waals surface area contributed by atoms with Gasteiger partial charge in [-0.1, -0.05) is 18.2 Å². The molecule has 0 bridgehead atoms. The summed E-state index contributed by atoms with van der Waals surface area (Å²) in [6.45, 7) is 1.32. The lowest BCUT2D eigenvalue weighted by atomic mass is 9.82.